The van der Waals surface area contributed by atoms with E-state index in [4.69, 9.17) is 10.5 Å². The molecule has 0 atom stereocenters. The molecule has 0 saturated carbocycles. The lowest BCUT2D eigenvalue weighted by Crippen LogP contribution is -2.15. The van der Waals surface area contributed by atoms with Gasteiger partial charge in [0.15, 0.2) is 0 Å². The van der Waals surface area contributed by atoms with E-state index < -0.39 is 6.09 Å². The van der Waals surface area contributed by atoms with Crippen molar-refractivity contribution in [3.63, 3.8) is 0 Å². The molecule has 1 aromatic carbocycles. The number of carbonyl (C=O) groups is 1. The molecule has 2 rings (SSSR count). The molecule has 0 radical (unpaired) electrons. The van der Waals surface area contributed by atoms with Crippen molar-refractivity contribution in [2.45, 2.75) is 18.4 Å². The van der Waals surface area contributed by atoms with Gasteiger partial charge in [-0.3, -0.25) is 5.32 Å². The summed E-state index contributed by atoms with van der Waals surface area (Å²) in [5, 5.41) is 5.62. The summed E-state index contributed by atoms with van der Waals surface area (Å²) in [6.45, 7) is 2.51. The van der Waals surface area contributed by atoms with Crippen LogP contribution in [-0.4, -0.2) is 17.7 Å². The van der Waals surface area contributed by atoms with E-state index in [-0.39, 0.29) is 24.6 Å². The van der Waals surface area contributed by atoms with E-state index in [0.29, 0.717) is 22.9 Å². The van der Waals surface area contributed by atoms with Crippen LogP contribution in [-0.2, 0) is 11.3 Å². The predicted octanol–water partition coefficient (Wildman–Crippen LogP) is 3.82. The van der Waals surface area contributed by atoms with E-state index in [9.17, 15) is 8.68 Å². The third-order valence-corrected chi connectivity index (χ3v) is 3.37. The minimum atomic E-state index is -0.576. The molecule has 0 aliphatic heterocycles. The van der Waals surface area contributed by atoms with Gasteiger partial charge in [-0.15, -0.1) is 0 Å². The molecule has 0 spiro atoms. The number of benzene rings is 1. The van der Waals surface area contributed by atoms with Crippen molar-refractivity contribution in [2.75, 3.05) is 23.0 Å². The highest BCUT2D eigenvalue weighted by atomic mass is 32.2. The zero-order chi connectivity index (χ0) is 16.7. The number of ether oxygens (including phenoxy) is 1. The first-order valence-electron chi connectivity index (χ1n) is 6.94. The number of anilines is 3. The second kappa shape index (κ2) is 8.23. The summed E-state index contributed by atoms with van der Waals surface area (Å²) in [4.78, 5) is 16.1. The standard InChI is InChI=1S/C15H17FN4O2S/c1-2-22-15(21)19-12-7-8-13(20-14(12)17)18-9-10-3-5-11(23-16)6-4-10/h3-8H,2,9H2,1H3,(H,19,21)(H3,17,18,20). The van der Waals surface area contributed by atoms with E-state index in [1.165, 1.54) is 0 Å². The lowest BCUT2D eigenvalue weighted by Gasteiger charge is -2.10. The molecule has 2 aromatic rings. The average Bonchev–Trinajstić information content (AvgIpc) is 2.56. The van der Waals surface area contributed by atoms with Crippen molar-refractivity contribution < 1.29 is 13.4 Å². The maximum atomic E-state index is 12.4. The minimum absolute atomic E-state index is 0.187. The van der Waals surface area contributed by atoms with Crippen LogP contribution in [0.5, 0.6) is 0 Å². The maximum absolute atomic E-state index is 12.4. The van der Waals surface area contributed by atoms with Crippen LogP contribution in [0.2, 0.25) is 0 Å². The lowest BCUT2D eigenvalue weighted by atomic mass is 10.2. The quantitative estimate of drug-likeness (QED) is 0.743. The fourth-order valence-corrected chi connectivity index (χ4v) is 2.05. The minimum Gasteiger partial charge on any atom is -0.450 e. The Balaban J connectivity index is 1.95. The molecule has 0 aliphatic rings. The van der Waals surface area contributed by atoms with Gasteiger partial charge >= 0.3 is 6.09 Å². The third-order valence-electron chi connectivity index (χ3n) is 2.92. The van der Waals surface area contributed by atoms with Gasteiger partial charge in [0.25, 0.3) is 0 Å². The van der Waals surface area contributed by atoms with E-state index >= 15 is 0 Å². The molecule has 0 fully saturated rings. The Labute approximate surface area is 137 Å². The van der Waals surface area contributed by atoms with Gasteiger partial charge in [-0.05, 0) is 36.8 Å². The van der Waals surface area contributed by atoms with Crippen LogP contribution >= 0.6 is 12.1 Å². The topological polar surface area (TPSA) is 89.3 Å². The van der Waals surface area contributed by atoms with Crippen molar-refractivity contribution in [1.29, 1.82) is 0 Å². The van der Waals surface area contributed by atoms with Gasteiger partial charge in [0.2, 0.25) is 0 Å². The molecule has 6 nitrogen and oxygen atoms in total. The van der Waals surface area contributed by atoms with Crippen LogP contribution < -0.4 is 16.4 Å². The summed E-state index contributed by atoms with van der Waals surface area (Å²) >= 11 is 0.210. The molecule has 0 unspecified atom stereocenters. The molecule has 23 heavy (non-hydrogen) atoms. The average molecular weight is 336 g/mol. The van der Waals surface area contributed by atoms with Gasteiger partial charge in [0, 0.05) is 11.4 Å². The number of rotatable bonds is 6. The first kappa shape index (κ1) is 16.9. The van der Waals surface area contributed by atoms with Crippen LogP contribution in [0.1, 0.15) is 12.5 Å². The van der Waals surface area contributed by atoms with Crippen molar-refractivity contribution in [3.8, 4) is 0 Å². The first-order valence-corrected chi connectivity index (χ1v) is 7.65. The van der Waals surface area contributed by atoms with Gasteiger partial charge in [0.1, 0.15) is 11.6 Å². The number of hydrogen-bond acceptors (Lipinski definition) is 6. The van der Waals surface area contributed by atoms with Crippen molar-refractivity contribution in [2.24, 2.45) is 0 Å². The molecule has 1 amide bonds. The Morgan fingerprint density at radius 1 is 1.30 bits per heavy atom. The van der Waals surface area contributed by atoms with Gasteiger partial charge in [-0.1, -0.05) is 12.1 Å². The molecule has 1 aromatic heterocycles. The van der Waals surface area contributed by atoms with Crippen LogP contribution in [0.4, 0.5) is 26.0 Å². The van der Waals surface area contributed by atoms with Crippen molar-refractivity contribution >= 4 is 35.6 Å². The summed E-state index contributed by atoms with van der Waals surface area (Å²) in [5.41, 5.74) is 7.18. The van der Waals surface area contributed by atoms with E-state index in [1.54, 1.807) is 31.2 Å². The zero-order valence-corrected chi connectivity index (χ0v) is 13.3. The number of hydrogen-bond donors (Lipinski definition) is 3. The number of nitrogen functional groups attached to an aromatic ring is 1. The number of carbonyl (C=O) groups excluding carboxylic acids is 1. The first-order chi connectivity index (χ1) is 11.1. The monoisotopic (exact) mass is 336 g/mol. The van der Waals surface area contributed by atoms with E-state index in [1.807, 2.05) is 12.1 Å². The predicted molar refractivity (Wildman–Crippen MR) is 90.0 cm³/mol. The molecule has 0 aliphatic carbocycles. The van der Waals surface area contributed by atoms with Gasteiger partial charge < -0.3 is 15.8 Å². The highest BCUT2D eigenvalue weighted by Crippen LogP contribution is 2.21. The maximum Gasteiger partial charge on any atom is 0.411 e. The fraction of sp³-hybridized carbons (Fsp3) is 0.200. The summed E-state index contributed by atoms with van der Waals surface area (Å²) in [5.74, 6) is 0.757. The molecule has 4 N–H and O–H groups in total. The summed E-state index contributed by atoms with van der Waals surface area (Å²) in [7, 11) is 0. The van der Waals surface area contributed by atoms with E-state index in [2.05, 4.69) is 15.6 Å². The molecular weight excluding hydrogens is 319 g/mol. The van der Waals surface area contributed by atoms with Crippen molar-refractivity contribution in [1.82, 2.24) is 4.98 Å². The second-order valence-corrected chi connectivity index (χ2v) is 5.18. The third kappa shape index (κ3) is 5.03. The SMILES string of the molecule is CCOC(=O)Nc1ccc(NCc2ccc(SF)cc2)nc1N. The van der Waals surface area contributed by atoms with Crippen LogP contribution in [0, 0.1) is 0 Å². The number of nitrogens with one attached hydrogen (secondary N) is 2. The van der Waals surface area contributed by atoms with Crippen LogP contribution in [0.3, 0.4) is 0 Å². The van der Waals surface area contributed by atoms with Gasteiger partial charge in [-0.25, -0.2) is 9.78 Å². The number of aromatic nitrogens is 1. The van der Waals surface area contributed by atoms with Gasteiger partial charge in [-0.2, -0.15) is 3.89 Å². The second-order valence-electron chi connectivity index (χ2n) is 4.55. The number of nitrogens with two attached hydrogens (primary N) is 1. The zero-order valence-electron chi connectivity index (χ0n) is 12.5. The number of halogens is 1. The van der Waals surface area contributed by atoms with E-state index in [0.717, 1.165) is 5.56 Å². The number of nitrogens with zero attached hydrogens (tertiary/aromatic N) is 1. The Kier molecular flexibility index (Phi) is 6.04. The Hall–Kier alpha value is -2.48. The van der Waals surface area contributed by atoms with Gasteiger partial charge in [0.05, 0.1) is 24.4 Å². The smallest absolute Gasteiger partial charge is 0.411 e. The molecule has 0 bridgehead atoms. The summed E-state index contributed by atoms with van der Waals surface area (Å²) in [6, 6.07) is 10.4. The Bertz CT molecular complexity index is 667. The fourth-order valence-electron chi connectivity index (χ4n) is 1.81. The number of amides is 1. The summed E-state index contributed by atoms with van der Waals surface area (Å²) < 4.78 is 17.1. The van der Waals surface area contributed by atoms with Crippen LogP contribution in [0.25, 0.3) is 0 Å². The highest BCUT2D eigenvalue weighted by molar-refractivity contribution is 7.94. The highest BCUT2D eigenvalue weighted by Gasteiger charge is 2.07. The normalized spacial score (nSPS) is 10.2. The van der Waals surface area contributed by atoms with Crippen molar-refractivity contribution in [3.05, 3.63) is 42.0 Å². The summed E-state index contributed by atoms with van der Waals surface area (Å²) in [6.07, 6.45) is -0.576. The molecule has 0 saturated heterocycles. The van der Waals surface area contributed by atoms with Crippen LogP contribution in [0.15, 0.2) is 41.3 Å². The molecular formula is C15H17FN4O2S. The lowest BCUT2D eigenvalue weighted by molar-refractivity contribution is 0.168. The number of pyridine rings is 1. The Morgan fingerprint density at radius 3 is 2.65 bits per heavy atom. The Morgan fingerprint density at radius 2 is 2.04 bits per heavy atom. The largest absolute Gasteiger partial charge is 0.450 e. The molecule has 1 heterocycles. The molecule has 8 heteroatoms. The molecule has 122 valence electrons.